The van der Waals surface area contributed by atoms with E-state index in [1.807, 2.05) is 0 Å². The lowest BCUT2D eigenvalue weighted by Gasteiger charge is -2.53. The number of rotatable bonds is 0. The van der Waals surface area contributed by atoms with Crippen molar-refractivity contribution < 1.29 is 24.0 Å². The van der Waals surface area contributed by atoms with E-state index in [0.717, 1.165) is 4.48 Å². The van der Waals surface area contributed by atoms with Crippen molar-refractivity contribution in [1.82, 2.24) is 4.48 Å². The van der Waals surface area contributed by atoms with Crippen LogP contribution in [-0.2, 0) is 0 Å². The normalized spacial score (nSPS) is 19.1. The summed E-state index contributed by atoms with van der Waals surface area (Å²) in [6.07, 6.45) is 0. The molecule has 0 aliphatic carbocycles. The molecule has 3 heteroatoms. The fourth-order valence-corrected chi connectivity index (χ4v) is 3.01. The second kappa shape index (κ2) is 4.35. The van der Waals surface area contributed by atoms with Crippen LogP contribution in [0.5, 0.6) is 0 Å². The smallest absolute Gasteiger partial charge is 0.173 e. The van der Waals surface area contributed by atoms with Gasteiger partial charge in [-0.2, -0.15) is 0 Å². The molecule has 0 N–H and O–H groups in total. The van der Waals surface area contributed by atoms with Crippen LogP contribution in [0.3, 0.4) is 0 Å². The predicted molar refractivity (Wildman–Crippen MR) is 80.1 cm³/mol. The van der Waals surface area contributed by atoms with Gasteiger partial charge in [0.1, 0.15) is 5.69 Å². The molecular weight excluding hydrogens is 347 g/mol. The van der Waals surface area contributed by atoms with Gasteiger partial charge in [-0.25, -0.2) is 0 Å². The van der Waals surface area contributed by atoms with Crippen molar-refractivity contribution in [2.75, 3.05) is 26.0 Å². The van der Waals surface area contributed by atoms with Gasteiger partial charge in [0.2, 0.25) is 0 Å². The van der Waals surface area contributed by atoms with E-state index in [4.69, 9.17) is 0 Å². The minimum absolute atomic E-state index is 0. The highest BCUT2D eigenvalue weighted by Gasteiger charge is 2.47. The largest absolute Gasteiger partial charge is 1.00 e. The molecule has 2 nitrogen and oxygen atoms in total. The standard InChI is InChI=1S/C16H21N2.HI/c1-16(2)17(3)13-10-6-8-12-9-7-11-14(15(12)13)18(16,4)5;/h6-11H,1-5H3;1H/q+1;/p-1. The van der Waals surface area contributed by atoms with Crippen molar-refractivity contribution in [3.63, 3.8) is 0 Å². The topological polar surface area (TPSA) is 3.24 Å². The van der Waals surface area contributed by atoms with Crippen molar-refractivity contribution in [1.29, 1.82) is 0 Å². The van der Waals surface area contributed by atoms with Crippen molar-refractivity contribution >= 4 is 22.1 Å². The summed E-state index contributed by atoms with van der Waals surface area (Å²) in [6, 6.07) is 13.2. The van der Waals surface area contributed by atoms with Crippen molar-refractivity contribution in [2.24, 2.45) is 0 Å². The van der Waals surface area contributed by atoms with Crippen LogP contribution in [0.15, 0.2) is 36.4 Å². The minimum Gasteiger partial charge on any atom is -1.00 e. The Kier molecular flexibility index (Phi) is 3.34. The monoisotopic (exact) mass is 368 g/mol. The summed E-state index contributed by atoms with van der Waals surface area (Å²) >= 11 is 0. The Labute approximate surface area is 132 Å². The third-order valence-electron chi connectivity index (χ3n) is 5.01. The molecule has 0 bridgehead atoms. The molecular formula is C16H21IN2. The van der Waals surface area contributed by atoms with Gasteiger partial charge in [-0.05, 0) is 17.5 Å². The average molecular weight is 368 g/mol. The Balaban J connectivity index is 0.00000133. The summed E-state index contributed by atoms with van der Waals surface area (Å²) in [7, 11) is 6.78. The number of hydrogen-bond donors (Lipinski definition) is 0. The van der Waals surface area contributed by atoms with Gasteiger partial charge < -0.3 is 28.9 Å². The molecule has 1 aliphatic rings. The zero-order valence-corrected chi connectivity index (χ0v) is 14.4. The molecule has 0 amide bonds. The molecule has 2 aromatic carbocycles. The van der Waals surface area contributed by atoms with Gasteiger partial charge in [0.25, 0.3) is 0 Å². The molecule has 0 radical (unpaired) electrons. The van der Waals surface area contributed by atoms with E-state index >= 15 is 0 Å². The zero-order chi connectivity index (χ0) is 13.1. The lowest BCUT2D eigenvalue weighted by atomic mass is 9.95. The Morgan fingerprint density at radius 2 is 1.58 bits per heavy atom. The lowest BCUT2D eigenvalue weighted by molar-refractivity contribution is -0.00000386. The van der Waals surface area contributed by atoms with Crippen LogP contribution in [-0.4, -0.2) is 26.8 Å². The molecule has 0 saturated carbocycles. The van der Waals surface area contributed by atoms with Crippen LogP contribution < -0.4 is 33.4 Å². The highest BCUT2D eigenvalue weighted by atomic mass is 127. The van der Waals surface area contributed by atoms with E-state index in [9.17, 15) is 0 Å². The minimum atomic E-state index is 0. The number of halogens is 1. The summed E-state index contributed by atoms with van der Waals surface area (Å²) in [6.45, 7) is 4.61. The van der Waals surface area contributed by atoms with Crippen molar-refractivity contribution in [3.8, 4) is 0 Å². The van der Waals surface area contributed by atoms with Crippen LogP contribution in [0, 0.1) is 0 Å². The molecule has 3 rings (SSSR count). The van der Waals surface area contributed by atoms with Crippen LogP contribution in [0.4, 0.5) is 11.4 Å². The molecule has 102 valence electrons. The third kappa shape index (κ3) is 1.71. The first-order chi connectivity index (χ1) is 8.37. The van der Waals surface area contributed by atoms with Gasteiger partial charge in [-0.1, -0.05) is 24.3 Å². The van der Waals surface area contributed by atoms with Crippen molar-refractivity contribution in [3.05, 3.63) is 36.4 Å². The van der Waals surface area contributed by atoms with Crippen LogP contribution in [0.25, 0.3) is 10.8 Å². The maximum absolute atomic E-state index is 2.41. The first-order valence-corrected chi connectivity index (χ1v) is 6.47. The maximum Gasteiger partial charge on any atom is 0.173 e. The molecule has 0 aromatic heterocycles. The zero-order valence-electron chi connectivity index (χ0n) is 12.2. The highest BCUT2D eigenvalue weighted by Crippen LogP contribution is 2.47. The Bertz CT molecular complexity index is 626. The molecule has 0 atom stereocenters. The fourth-order valence-electron chi connectivity index (χ4n) is 3.01. The molecule has 0 fully saturated rings. The second-order valence-corrected chi connectivity index (χ2v) is 6.16. The van der Waals surface area contributed by atoms with Crippen LogP contribution >= 0.6 is 0 Å². The van der Waals surface area contributed by atoms with Gasteiger partial charge in [0.15, 0.2) is 5.66 Å². The first kappa shape index (κ1) is 14.6. The van der Waals surface area contributed by atoms with Gasteiger partial charge in [0, 0.05) is 20.9 Å². The summed E-state index contributed by atoms with van der Waals surface area (Å²) in [5.74, 6) is 0. The molecule has 2 aromatic rings. The van der Waals surface area contributed by atoms with Gasteiger partial charge in [-0.15, -0.1) is 0 Å². The van der Waals surface area contributed by atoms with Gasteiger partial charge >= 0.3 is 0 Å². The molecule has 1 heterocycles. The highest BCUT2D eigenvalue weighted by molar-refractivity contribution is 6.04. The van der Waals surface area contributed by atoms with E-state index in [1.54, 1.807) is 0 Å². The van der Waals surface area contributed by atoms with Gasteiger partial charge in [-0.3, -0.25) is 4.48 Å². The summed E-state index contributed by atoms with van der Waals surface area (Å²) < 4.78 is 0.873. The SMILES string of the molecule is CN1c2cccc3cccc(c23)[N+](C)(C)C1(C)C.[I-]. The second-order valence-electron chi connectivity index (χ2n) is 6.16. The Morgan fingerprint density at radius 1 is 1.00 bits per heavy atom. The van der Waals surface area contributed by atoms with E-state index in [0.29, 0.717) is 0 Å². The predicted octanol–water partition coefficient (Wildman–Crippen LogP) is 0.597. The van der Waals surface area contributed by atoms with Gasteiger partial charge in [0.05, 0.1) is 25.2 Å². The molecule has 0 unspecified atom stereocenters. The number of hydrogen-bond acceptors (Lipinski definition) is 1. The van der Waals surface area contributed by atoms with E-state index in [-0.39, 0.29) is 29.6 Å². The molecule has 0 saturated heterocycles. The quantitative estimate of drug-likeness (QED) is 0.486. The maximum atomic E-state index is 2.41. The molecule has 0 spiro atoms. The van der Waals surface area contributed by atoms with Crippen LogP contribution in [0.2, 0.25) is 0 Å². The fraction of sp³-hybridized carbons (Fsp3) is 0.375. The Morgan fingerprint density at radius 3 is 2.21 bits per heavy atom. The van der Waals surface area contributed by atoms with E-state index in [1.165, 1.54) is 22.1 Å². The average Bonchev–Trinajstić information content (AvgIpc) is 2.34. The van der Waals surface area contributed by atoms with E-state index in [2.05, 4.69) is 76.3 Å². The molecule has 1 aliphatic heterocycles. The summed E-state index contributed by atoms with van der Waals surface area (Å²) in [5, 5.41) is 2.73. The van der Waals surface area contributed by atoms with Crippen LogP contribution in [0.1, 0.15) is 13.8 Å². The van der Waals surface area contributed by atoms with Crippen molar-refractivity contribution in [2.45, 2.75) is 19.5 Å². The number of benzene rings is 2. The number of anilines is 1. The summed E-state index contributed by atoms with van der Waals surface area (Å²) in [5.41, 5.74) is 2.79. The summed E-state index contributed by atoms with van der Waals surface area (Å²) in [4.78, 5) is 2.41. The van der Waals surface area contributed by atoms with E-state index < -0.39 is 0 Å². The number of quaternary nitrogens is 1. The third-order valence-corrected chi connectivity index (χ3v) is 5.01. The molecule has 19 heavy (non-hydrogen) atoms. The Hall–Kier alpha value is -0.810. The first-order valence-electron chi connectivity index (χ1n) is 6.47. The lowest BCUT2D eigenvalue weighted by Crippen LogP contribution is -3.00. The number of nitrogens with zero attached hydrogens (tertiary/aromatic N) is 2.